The number of likely N-dealkylation sites (tertiary alicyclic amines) is 1. The van der Waals surface area contributed by atoms with Gasteiger partial charge in [-0.05, 0) is 62.6 Å². The molecule has 2 nitrogen and oxygen atoms in total. The molecule has 1 aromatic carbocycles. The van der Waals surface area contributed by atoms with Crippen molar-refractivity contribution in [2.45, 2.75) is 26.3 Å². The largest absolute Gasteiger partial charge is 0.317 e. The Bertz CT molecular complexity index is 359. The average molecular weight is 250 g/mol. The summed E-state index contributed by atoms with van der Waals surface area (Å²) < 4.78 is 13.1. The van der Waals surface area contributed by atoms with Gasteiger partial charge in [-0.2, -0.15) is 0 Å². The molecular weight excluding hydrogens is 227 g/mol. The summed E-state index contributed by atoms with van der Waals surface area (Å²) in [5, 5.41) is 3.42. The molecule has 0 aliphatic carbocycles. The van der Waals surface area contributed by atoms with Gasteiger partial charge in [0.05, 0.1) is 0 Å². The minimum Gasteiger partial charge on any atom is -0.317 e. The monoisotopic (exact) mass is 250 g/mol. The number of hydrogen-bond donors (Lipinski definition) is 1. The van der Waals surface area contributed by atoms with Crippen LogP contribution in [0.5, 0.6) is 0 Å². The Morgan fingerprint density at radius 1 is 1.33 bits per heavy atom. The number of nitrogens with one attached hydrogen (secondary N) is 1. The number of nitrogens with zero attached hydrogens (tertiary/aromatic N) is 1. The quantitative estimate of drug-likeness (QED) is 0.864. The first-order chi connectivity index (χ1) is 8.78. The second kappa shape index (κ2) is 6.86. The molecule has 0 amide bonds. The molecule has 100 valence electrons. The van der Waals surface area contributed by atoms with Gasteiger partial charge in [-0.15, -0.1) is 0 Å². The van der Waals surface area contributed by atoms with Crippen LogP contribution in [0.25, 0.3) is 0 Å². The lowest BCUT2D eigenvalue weighted by molar-refractivity contribution is 0.175. The summed E-state index contributed by atoms with van der Waals surface area (Å²) in [6.07, 6.45) is 2.50. The lowest BCUT2D eigenvalue weighted by atomic mass is 9.96. The summed E-state index contributed by atoms with van der Waals surface area (Å²) in [5.41, 5.74) is 1.08. The molecule has 3 heteroatoms. The van der Waals surface area contributed by atoms with Crippen molar-refractivity contribution >= 4 is 0 Å². The van der Waals surface area contributed by atoms with Crippen LogP contribution >= 0.6 is 0 Å². The van der Waals surface area contributed by atoms with Crippen LogP contribution in [0, 0.1) is 11.7 Å². The normalized spacial score (nSPS) is 18.1. The topological polar surface area (TPSA) is 15.3 Å². The second-order valence-electron chi connectivity index (χ2n) is 5.16. The first-order valence-electron chi connectivity index (χ1n) is 6.95. The highest BCUT2D eigenvalue weighted by Gasteiger charge is 2.18. The molecule has 0 atom stereocenters. The number of benzene rings is 1. The lowest BCUT2D eigenvalue weighted by Gasteiger charge is -2.32. The molecule has 1 aliphatic heterocycles. The summed E-state index contributed by atoms with van der Waals surface area (Å²) in [6.45, 7) is 7.50. The van der Waals surface area contributed by atoms with Crippen LogP contribution in [0.1, 0.15) is 25.3 Å². The van der Waals surface area contributed by atoms with Crippen molar-refractivity contribution in [3.05, 3.63) is 35.6 Å². The molecule has 0 radical (unpaired) electrons. The predicted octanol–water partition coefficient (Wildman–Crippen LogP) is 2.65. The van der Waals surface area contributed by atoms with Crippen molar-refractivity contribution in [3.63, 3.8) is 0 Å². The van der Waals surface area contributed by atoms with Crippen LogP contribution in [0.15, 0.2) is 24.3 Å². The Hall–Kier alpha value is -0.930. The van der Waals surface area contributed by atoms with Crippen molar-refractivity contribution < 1.29 is 4.39 Å². The van der Waals surface area contributed by atoms with Gasteiger partial charge in [-0.3, -0.25) is 4.90 Å². The third kappa shape index (κ3) is 4.07. The Kier molecular flexibility index (Phi) is 5.14. The highest BCUT2D eigenvalue weighted by Crippen LogP contribution is 2.18. The molecular formula is C15H23FN2. The molecule has 0 aromatic heterocycles. The van der Waals surface area contributed by atoms with Crippen LogP contribution < -0.4 is 5.32 Å². The lowest BCUT2D eigenvalue weighted by Crippen LogP contribution is -2.36. The summed E-state index contributed by atoms with van der Waals surface area (Å²) in [6, 6.07) is 6.95. The first-order valence-corrected chi connectivity index (χ1v) is 6.95. The minimum atomic E-state index is -0.130. The third-order valence-electron chi connectivity index (χ3n) is 3.69. The van der Waals surface area contributed by atoms with E-state index < -0.39 is 0 Å². The summed E-state index contributed by atoms with van der Waals surface area (Å²) >= 11 is 0. The molecule has 1 aromatic rings. The molecule has 1 saturated heterocycles. The minimum absolute atomic E-state index is 0.130. The maximum atomic E-state index is 13.1. The van der Waals surface area contributed by atoms with E-state index in [2.05, 4.69) is 17.1 Å². The molecule has 0 saturated carbocycles. The highest BCUT2D eigenvalue weighted by molar-refractivity contribution is 5.16. The zero-order chi connectivity index (χ0) is 12.8. The molecule has 0 bridgehead atoms. The predicted molar refractivity (Wildman–Crippen MR) is 72.9 cm³/mol. The summed E-state index contributed by atoms with van der Waals surface area (Å²) in [5.74, 6) is 0.684. The SMILES string of the molecule is CCNCC1CCN(Cc2cccc(F)c2)CC1. The Morgan fingerprint density at radius 3 is 2.78 bits per heavy atom. The van der Waals surface area contributed by atoms with E-state index in [9.17, 15) is 4.39 Å². The van der Waals surface area contributed by atoms with Gasteiger partial charge in [0.15, 0.2) is 0 Å². The van der Waals surface area contributed by atoms with Gasteiger partial charge < -0.3 is 5.32 Å². The third-order valence-corrected chi connectivity index (χ3v) is 3.69. The smallest absolute Gasteiger partial charge is 0.123 e. The van der Waals surface area contributed by atoms with Crippen LogP contribution in [-0.4, -0.2) is 31.1 Å². The highest BCUT2D eigenvalue weighted by atomic mass is 19.1. The van der Waals surface area contributed by atoms with E-state index in [1.165, 1.54) is 18.9 Å². The standard InChI is InChI=1S/C15H23FN2/c1-2-17-11-13-6-8-18(9-7-13)12-14-4-3-5-15(16)10-14/h3-5,10,13,17H,2,6-9,11-12H2,1H3. The van der Waals surface area contributed by atoms with Gasteiger partial charge in [-0.1, -0.05) is 19.1 Å². The van der Waals surface area contributed by atoms with Crippen molar-refractivity contribution in [1.82, 2.24) is 10.2 Å². The zero-order valence-corrected chi connectivity index (χ0v) is 11.2. The Balaban J connectivity index is 1.76. The summed E-state index contributed by atoms with van der Waals surface area (Å²) in [4.78, 5) is 2.43. The van der Waals surface area contributed by atoms with Crippen LogP contribution in [0.4, 0.5) is 4.39 Å². The van der Waals surface area contributed by atoms with Crippen LogP contribution in [-0.2, 0) is 6.54 Å². The summed E-state index contributed by atoms with van der Waals surface area (Å²) in [7, 11) is 0. The van der Waals surface area contributed by atoms with Crippen molar-refractivity contribution in [1.29, 1.82) is 0 Å². The van der Waals surface area contributed by atoms with E-state index in [1.54, 1.807) is 12.1 Å². The van der Waals surface area contributed by atoms with E-state index in [0.717, 1.165) is 44.2 Å². The van der Waals surface area contributed by atoms with E-state index in [0.29, 0.717) is 0 Å². The molecule has 0 unspecified atom stereocenters. The Morgan fingerprint density at radius 2 is 2.11 bits per heavy atom. The zero-order valence-electron chi connectivity index (χ0n) is 11.2. The molecule has 0 spiro atoms. The van der Waals surface area contributed by atoms with Gasteiger partial charge in [0.2, 0.25) is 0 Å². The second-order valence-corrected chi connectivity index (χ2v) is 5.16. The van der Waals surface area contributed by atoms with Crippen LogP contribution in [0.2, 0.25) is 0 Å². The van der Waals surface area contributed by atoms with Crippen LogP contribution in [0.3, 0.4) is 0 Å². The van der Waals surface area contributed by atoms with Gasteiger partial charge in [0, 0.05) is 6.54 Å². The van der Waals surface area contributed by atoms with E-state index >= 15 is 0 Å². The van der Waals surface area contributed by atoms with E-state index in [1.807, 2.05) is 6.07 Å². The maximum absolute atomic E-state index is 13.1. The fourth-order valence-corrected chi connectivity index (χ4v) is 2.59. The molecule has 2 rings (SSSR count). The molecule has 1 fully saturated rings. The molecule has 1 aliphatic rings. The van der Waals surface area contributed by atoms with Crippen molar-refractivity contribution in [2.24, 2.45) is 5.92 Å². The first kappa shape index (κ1) is 13.5. The maximum Gasteiger partial charge on any atom is 0.123 e. The average Bonchev–Trinajstić information content (AvgIpc) is 2.38. The van der Waals surface area contributed by atoms with Gasteiger partial charge in [-0.25, -0.2) is 4.39 Å². The molecule has 1 N–H and O–H groups in total. The van der Waals surface area contributed by atoms with Gasteiger partial charge in [0.1, 0.15) is 5.82 Å². The molecule has 18 heavy (non-hydrogen) atoms. The fourth-order valence-electron chi connectivity index (χ4n) is 2.59. The van der Waals surface area contributed by atoms with Gasteiger partial charge >= 0.3 is 0 Å². The van der Waals surface area contributed by atoms with Crippen molar-refractivity contribution in [2.75, 3.05) is 26.2 Å². The fraction of sp³-hybridized carbons (Fsp3) is 0.600. The number of halogens is 1. The van der Waals surface area contributed by atoms with Gasteiger partial charge in [0.25, 0.3) is 0 Å². The Labute approximate surface area is 109 Å². The van der Waals surface area contributed by atoms with E-state index in [-0.39, 0.29) is 5.82 Å². The molecule has 1 heterocycles. The van der Waals surface area contributed by atoms with E-state index in [4.69, 9.17) is 0 Å². The van der Waals surface area contributed by atoms with Crippen molar-refractivity contribution in [3.8, 4) is 0 Å². The number of piperidine rings is 1. The number of hydrogen-bond acceptors (Lipinski definition) is 2. The number of rotatable bonds is 5.